The lowest BCUT2D eigenvalue weighted by Crippen LogP contribution is -2.13. The van der Waals surface area contributed by atoms with Crippen molar-refractivity contribution >= 4 is 28.8 Å². The molecule has 0 radical (unpaired) electrons. The number of carbonyl (C=O) groups excluding carboxylic acids is 1. The second-order valence-corrected chi connectivity index (χ2v) is 6.47. The fourth-order valence-electron chi connectivity index (χ4n) is 2.76. The molecule has 2 heterocycles. The Morgan fingerprint density at radius 1 is 1.11 bits per heavy atom. The Labute approximate surface area is 159 Å². The highest BCUT2D eigenvalue weighted by molar-refractivity contribution is 6.31. The molecule has 2 aromatic heterocycles. The number of rotatable bonds is 3. The summed E-state index contributed by atoms with van der Waals surface area (Å²) in [7, 11) is 0. The Morgan fingerprint density at radius 3 is 2.63 bits per heavy atom. The van der Waals surface area contributed by atoms with Crippen LogP contribution in [0.25, 0.3) is 17.0 Å². The number of anilines is 1. The molecule has 1 amide bonds. The van der Waals surface area contributed by atoms with Crippen LogP contribution in [-0.2, 0) is 0 Å². The van der Waals surface area contributed by atoms with Gasteiger partial charge >= 0.3 is 0 Å². The first-order valence-electron chi connectivity index (χ1n) is 8.20. The highest BCUT2D eigenvalue weighted by Crippen LogP contribution is 2.23. The van der Waals surface area contributed by atoms with Crippen LogP contribution in [0.5, 0.6) is 0 Å². The van der Waals surface area contributed by atoms with Crippen LogP contribution in [0.15, 0.2) is 60.8 Å². The van der Waals surface area contributed by atoms with Gasteiger partial charge in [-0.1, -0.05) is 17.7 Å². The number of hydrogen-bond donors (Lipinski definition) is 1. The minimum Gasteiger partial charge on any atom is -0.322 e. The van der Waals surface area contributed by atoms with Gasteiger partial charge in [-0.25, -0.2) is 4.39 Å². The highest BCUT2D eigenvalue weighted by Gasteiger charge is 2.16. The van der Waals surface area contributed by atoms with Gasteiger partial charge in [0.1, 0.15) is 5.82 Å². The molecule has 0 spiro atoms. The number of pyridine rings is 1. The van der Waals surface area contributed by atoms with Crippen molar-refractivity contribution in [2.45, 2.75) is 6.92 Å². The van der Waals surface area contributed by atoms with Gasteiger partial charge in [0.2, 0.25) is 0 Å². The Hall–Kier alpha value is -3.25. The summed E-state index contributed by atoms with van der Waals surface area (Å²) < 4.78 is 14.9. The third-order valence-corrected chi connectivity index (χ3v) is 4.62. The predicted octanol–water partition coefficient (Wildman–Crippen LogP) is 4.75. The molecule has 1 N–H and O–H groups in total. The van der Waals surface area contributed by atoms with E-state index in [1.807, 2.05) is 13.0 Å². The van der Waals surface area contributed by atoms with Gasteiger partial charge in [-0.05, 0) is 61.0 Å². The molecule has 0 saturated heterocycles. The van der Waals surface area contributed by atoms with Crippen LogP contribution in [0.3, 0.4) is 0 Å². The minimum absolute atomic E-state index is 0.321. The van der Waals surface area contributed by atoms with E-state index in [1.54, 1.807) is 47.0 Å². The summed E-state index contributed by atoms with van der Waals surface area (Å²) in [5.74, 6) is -0.124. The Bertz CT molecular complexity index is 1150. The molecule has 0 unspecified atom stereocenters. The zero-order valence-corrected chi connectivity index (χ0v) is 15.0. The molecular formula is C20H14ClFN4O. The second kappa shape index (κ2) is 6.81. The maximum absolute atomic E-state index is 13.2. The molecule has 0 aliphatic carbocycles. The molecule has 0 bridgehead atoms. The summed E-state index contributed by atoms with van der Waals surface area (Å²) >= 11 is 6.12. The smallest absolute Gasteiger partial charge is 0.259 e. The molecule has 0 saturated carbocycles. The highest BCUT2D eigenvalue weighted by atomic mass is 35.5. The maximum atomic E-state index is 13.2. The normalized spacial score (nSPS) is 10.9. The number of nitrogens with one attached hydrogen (secondary N) is 1. The Kier molecular flexibility index (Phi) is 4.33. The quantitative estimate of drug-likeness (QED) is 0.558. The van der Waals surface area contributed by atoms with Crippen LogP contribution in [-0.4, -0.2) is 20.5 Å². The molecule has 134 valence electrons. The van der Waals surface area contributed by atoms with Gasteiger partial charge in [-0.15, -0.1) is 10.2 Å². The number of nitrogens with zero attached hydrogens (tertiary/aromatic N) is 3. The lowest BCUT2D eigenvalue weighted by Gasteiger charge is -2.08. The summed E-state index contributed by atoms with van der Waals surface area (Å²) in [6, 6.07) is 14.7. The minimum atomic E-state index is -0.329. The van der Waals surface area contributed by atoms with Crippen molar-refractivity contribution in [1.82, 2.24) is 14.6 Å². The third-order valence-electron chi connectivity index (χ3n) is 4.21. The molecule has 0 fully saturated rings. The zero-order valence-electron chi connectivity index (χ0n) is 14.3. The van der Waals surface area contributed by atoms with Crippen molar-refractivity contribution in [2.75, 3.05) is 5.32 Å². The Balaban J connectivity index is 1.71. The van der Waals surface area contributed by atoms with Crippen molar-refractivity contribution in [2.24, 2.45) is 0 Å². The summed E-state index contributed by atoms with van der Waals surface area (Å²) in [6.07, 6.45) is 1.76. The zero-order chi connectivity index (χ0) is 19.0. The largest absolute Gasteiger partial charge is 0.322 e. The molecule has 0 atom stereocenters. The molecule has 4 aromatic rings. The van der Waals surface area contributed by atoms with Crippen LogP contribution >= 0.6 is 11.6 Å². The van der Waals surface area contributed by atoms with Crippen LogP contribution < -0.4 is 5.32 Å². The van der Waals surface area contributed by atoms with E-state index in [-0.39, 0.29) is 11.7 Å². The molecule has 2 aromatic carbocycles. The summed E-state index contributed by atoms with van der Waals surface area (Å²) in [5, 5.41) is 11.7. The molecular weight excluding hydrogens is 367 g/mol. The van der Waals surface area contributed by atoms with Gasteiger partial charge in [-0.3, -0.25) is 9.20 Å². The summed E-state index contributed by atoms with van der Waals surface area (Å²) in [6.45, 7) is 1.89. The summed E-state index contributed by atoms with van der Waals surface area (Å²) in [5.41, 5.74) is 3.00. The van der Waals surface area contributed by atoms with Crippen molar-refractivity contribution in [1.29, 1.82) is 0 Å². The number of fused-ring (bicyclic) bond motifs is 1. The van der Waals surface area contributed by atoms with E-state index in [4.69, 9.17) is 11.6 Å². The maximum Gasteiger partial charge on any atom is 0.259 e. The van der Waals surface area contributed by atoms with E-state index in [0.717, 1.165) is 5.56 Å². The molecule has 4 rings (SSSR count). The molecule has 27 heavy (non-hydrogen) atoms. The number of aryl methyl sites for hydroxylation is 1. The first kappa shape index (κ1) is 17.2. The van der Waals surface area contributed by atoms with E-state index in [0.29, 0.717) is 33.3 Å². The van der Waals surface area contributed by atoms with Gasteiger partial charge in [0, 0.05) is 22.5 Å². The Morgan fingerprint density at radius 2 is 1.89 bits per heavy atom. The van der Waals surface area contributed by atoms with E-state index in [1.165, 1.54) is 12.1 Å². The van der Waals surface area contributed by atoms with Gasteiger partial charge in [0.25, 0.3) is 5.91 Å². The lowest BCUT2D eigenvalue weighted by atomic mass is 10.2. The third kappa shape index (κ3) is 3.27. The predicted molar refractivity (Wildman–Crippen MR) is 103 cm³/mol. The fraction of sp³-hybridized carbons (Fsp3) is 0.0500. The van der Waals surface area contributed by atoms with Gasteiger partial charge in [0.05, 0.1) is 5.56 Å². The average Bonchev–Trinajstić information content (AvgIpc) is 3.09. The number of hydrogen-bond acceptors (Lipinski definition) is 3. The fourth-order valence-corrected chi connectivity index (χ4v) is 2.94. The van der Waals surface area contributed by atoms with Crippen molar-refractivity contribution in [3.05, 3.63) is 82.8 Å². The van der Waals surface area contributed by atoms with E-state index in [2.05, 4.69) is 15.5 Å². The van der Waals surface area contributed by atoms with Crippen LogP contribution in [0, 0.1) is 12.7 Å². The van der Waals surface area contributed by atoms with Crippen molar-refractivity contribution in [3.8, 4) is 11.4 Å². The second-order valence-electron chi connectivity index (χ2n) is 6.06. The van der Waals surface area contributed by atoms with Crippen molar-refractivity contribution in [3.63, 3.8) is 0 Å². The first-order chi connectivity index (χ1) is 13.0. The number of halogens is 2. The molecule has 0 aliphatic rings. The van der Waals surface area contributed by atoms with Gasteiger partial charge < -0.3 is 5.32 Å². The molecule has 7 heteroatoms. The van der Waals surface area contributed by atoms with E-state index in [9.17, 15) is 9.18 Å². The van der Waals surface area contributed by atoms with E-state index < -0.39 is 0 Å². The average molecular weight is 381 g/mol. The van der Waals surface area contributed by atoms with Crippen LogP contribution in [0.1, 0.15) is 15.9 Å². The number of aromatic nitrogens is 3. The molecule has 0 aliphatic heterocycles. The number of carbonyl (C=O) groups is 1. The van der Waals surface area contributed by atoms with Crippen molar-refractivity contribution < 1.29 is 9.18 Å². The van der Waals surface area contributed by atoms with E-state index >= 15 is 0 Å². The first-order valence-corrected chi connectivity index (χ1v) is 8.58. The number of amides is 1. The van der Waals surface area contributed by atoms with Crippen LogP contribution in [0.2, 0.25) is 5.02 Å². The van der Waals surface area contributed by atoms with Crippen LogP contribution in [0.4, 0.5) is 10.1 Å². The molecule has 5 nitrogen and oxygen atoms in total. The monoisotopic (exact) mass is 380 g/mol. The topological polar surface area (TPSA) is 59.3 Å². The standard InChI is InChI=1S/C20H14ClFN4O/c1-12-4-9-15(11-17(12)21)23-20(27)16-3-2-10-26-18(24-25-19(16)26)13-5-7-14(22)8-6-13/h2-11H,1H3,(H,23,27). The SMILES string of the molecule is Cc1ccc(NC(=O)c2cccn3c(-c4ccc(F)cc4)nnc23)cc1Cl. The lowest BCUT2D eigenvalue weighted by molar-refractivity contribution is 0.102. The number of benzene rings is 2. The van der Waals surface area contributed by atoms with Gasteiger partial charge in [-0.2, -0.15) is 0 Å². The summed E-state index contributed by atoms with van der Waals surface area (Å²) in [4.78, 5) is 12.7. The van der Waals surface area contributed by atoms with Gasteiger partial charge in [0.15, 0.2) is 11.5 Å².